The first-order valence-electron chi connectivity index (χ1n) is 8.12. The first-order chi connectivity index (χ1) is 11.7. The lowest BCUT2D eigenvalue weighted by Crippen LogP contribution is -2.38. The van der Waals surface area contributed by atoms with Crippen LogP contribution in [0.15, 0.2) is 29.5 Å². The third kappa shape index (κ3) is 4.71. The van der Waals surface area contributed by atoms with Crippen LogP contribution in [0.4, 0.5) is 0 Å². The van der Waals surface area contributed by atoms with Gasteiger partial charge in [0.2, 0.25) is 0 Å². The van der Waals surface area contributed by atoms with Gasteiger partial charge >= 0.3 is 0 Å². The maximum Gasteiger partial charge on any atom is 0.191 e. The first kappa shape index (κ1) is 17.8. The zero-order valence-corrected chi connectivity index (χ0v) is 14.8. The summed E-state index contributed by atoms with van der Waals surface area (Å²) in [5.74, 6) is 2.67. The smallest absolute Gasteiger partial charge is 0.191 e. The highest BCUT2D eigenvalue weighted by Crippen LogP contribution is 2.18. The van der Waals surface area contributed by atoms with Crippen LogP contribution in [0.5, 0.6) is 5.75 Å². The molecule has 0 bridgehead atoms. The summed E-state index contributed by atoms with van der Waals surface area (Å²) < 4.78 is 7.33. The maximum atomic E-state index is 5.29. The number of ether oxygens (including phenoxy) is 1. The quantitative estimate of drug-likeness (QED) is 0.595. The molecule has 2 aromatic rings. The van der Waals surface area contributed by atoms with Crippen LogP contribution in [-0.2, 0) is 19.5 Å². The lowest BCUT2D eigenvalue weighted by molar-refractivity contribution is 0.411. The predicted molar refractivity (Wildman–Crippen MR) is 95.3 cm³/mol. The molecule has 0 radical (unpaired) electrons. The molecule has 0 atom stereocenters. The third-order valence-electron chi connectivity index (χ3n) is 3.80. The number of methoxy groups -OCH3 is 1. The molecule has 0 saturated carbocycles. The number of guanidine groups is 1. The number of aryl methyl sites for hydroxylation is 2. The van der Waals surface area contributed by atoms with Crippen LogP contribution in [0.2, 0.25) is 0 Å². The van der Waals surface area contributed by atoms with Crippen LogP contribution < -0.4 is 15.4 Å². The van der Waals surface area contributed by atoms with E-state index >= 15 is 0 Å². The second-order valence-corrected chi connectivity index (χ2v) is 5.45. The number of rotatable bonds is 7. The lowest BCUT2D eigenvalue weighted by atomic mass is 10.1. The molecule has 0 aliphatic rings. The molecule has 0 spiro atoms. The molecule has 2 N–H and O–H groups in total. The average molecular weight is 330 g/mol. The van der Waals surface area contributed by atoms with E-state index in [9.17, 15) is 0 Å². The SMILES string of the molecule is CCc1nncn1CCNC(=NC)NCc1ccc(OC)c(C)c1. The molecule has 7 heteroatoms. The van der Waals surface area contributed by atoms with Crippen LogP contribution in [-0.4, -0.2) is 41.4 Å². The summed E-state index contributed by atoms with van der Waals surface area (Å²) in [6.07, 6.45) is 2.64. The molecule has 0 aliphatic carbocycles. The number of hydrogen-bond donors (Lipinski definition) is 2. The third-order valence-corrected chi connectivity index (χ3v) is 3.80. The summed E-state index contributed by atoms with van der Waals surface area (Å²) >= 11 is 0. The van der Waals surface area contributed by atoms with Crippen molar-refractivity contribution < 1.29 is 4.74 Å². The largest absolute Gasteiger partial charge is 0.496 e. The number of nitrogens with zero attached hydrogens (tertiary/aromatic N) is 4. The fourth-order valence-corrected chi connectivity index (χ4v) is 2.49. The number of hydrogen-bond acceptors (Lipinski definition) is 4. The van der Waals surface area contributed by atoms with Gasteiger partial charge in [-0.1, -0.05) is 19.1 Å². The van der Waals surface area contributed by atoms with E-state index in [0.717, 1.165) is 42.6 Å². The topological polar surface area (TPSA) is 76.4 Å². The summed E-state index contributed by atoms with van der Waals surface area (Å²) in [7, 11) is 3.45. The van der Waals surface area contributed by atoms with Crippen LogP contribution in [0.3, 0.4) is 0 Å². The van der Waals surface area contributed by atoms with Crippen molar-refractivity contribution in [2.24, 2.45) is 4.99 Å². The Kier molecular flexibility index (Phi) is 6.60. The lowest BCUT2D eigenvalue weighted by Gasteiger charge is -2.13. The van der Waals surface area contributed by atoms with Gasteiger partial charge in [0.05, 0.1) is 7.11 Å². The van der Waals surface area contributed by atoms with Gasteiger partial charge in [0.25, 0.3) is 0 Å². The van der Waals surface area contributed by atoms with Gasteiger partial charge in [-0.25, -0.2) is 0 Å². The van der Waals surface area contributed by atoms with Crippen LogP contribution in [0.25, 0.3) is 0 Å². The van der Waals surface area contributed by atoms with E-state index in [1.807, 2.05) is 17.6 Å². The van der Waals surface area contributed by atoms with Gasteiger partial charge in [0, 0.05) is 33.1 Å². The van der Waals surface area contributed by atoms with E-state index < -0.39 is 0 Å². The zero-order chi connectivity index (χ0) is 17.4. The Bertz CT molecular complexity index is 679. The standard InChI is InChI=1S/C17H26N6O/c1-5-16-22-21-12-23(16)9-8-19-17(18-3)20-11-14-6-7-15(24-4)13(2)10-14/h6-7,10,12H,5,8-9,11H2,1-4H3,(H2,18,19,20). The molecule has 0 amide bonds. The zero-order valence-electron chi connectivity index (χ0n) is 14.8. The van der Waals surface area contributed by atoms with Gasteiger partial charge in [-0.2, -0.15) is 0 Å². The number of aliphatic imine (C=N–C) groups is 1. The molecule has 0 fully saturated rings. The van der Waals surface area contributed by atoms with Crippen molar-refractivity contribution in [2.45, 2.75) is 33.4 Å². The van der Waals surface area contributed by atoms with E-state index in [2.05, 4.69) is 44.9 Å². The minimum Gasteiger partial charge on any atom is -0.496 e. The summed E-state index contributed by atoms with van der Waals surface area (Å²) in [6.45, 7) is 6.38. The minimum absolute atomic E-state index is 0.706. The molecule has 1 aromatic heterocycles. The molecular weight excluding hydrogens is 304 g/mol. The van der Waals surface area contributed by atoms with E-state index in [-0.39, 0.29) is 0 Å². The summed E-state index contributed by atoms with van der Waals surface area (Å²) in [4.78, 5) is 4.25. The predicted octanol–water partition coefficient (Wildman–Crippen LogP) is 1.52. The first-order valence-corrected chi connectivity index (χ1v) is 8.12. The fraction of sp³-hybridized carbons (Fsp3) is 0.471. The molecule has 0 saturated heterocycles. The Hall–Kier alpha value is -2.57. The van der Waals surface area contributed by atoms with Gasteiger partial charge in [0.15, 0.2) is 5.96 Å². The van der Waals surface area contributed by atoms with Crippen molar-refractivity contribution in [1.29, 1.82) is 0 Å². The molecule has 7 nitrogen and oxygen atoms in total. The van der Waals surface area contributed by atoms with Gasteiger partial charge in [-0.05, 0) is 24.1 Å². The summed E-state index contributed by atoms with van der Waals surface area (Å²) in [5, 5.41) is 14.6. The number of benzene rings is 1. The van der Waals surface area contributed by atoms with E-state index in [1.165, 1.54) is 5.56 Å². The van der Waals surface area contributed by atoms with E-state index in [0.29, 0.717) is 6.54 Å². The average Bonchev–Trinajstić information content (AvgIpc) is 3.05. The second-order valence-electron chi connectivity index (χ2n) is 5.45. The molecule has 0 unspecified atom stereocenters. The molecule has 1 aromatic carbocycles. The minimum atomic E-state index is 0.706. The monoisotopic (exact) mass is 330 g/mol. The molecule has 2 rings (SSSR count). The van der Waals surface area contributed by atoms with E-state index in [4.69, 9.17) is 4.74 Å². The summed E-state index contributed by atoms with van der Waals surface area (Å²) in [5.41, 5.74) is 2.31. The Morgan fingerprint density at radius 2 is 2.17 bits per heavy atom. The molecule has 24 heavy (non-hydrogen) atoms. The fourth-order valence-electron chi connectivity index (χ4n) is 2.49. The maximum absolute atomic E-state index is 5.29. The van der Waals surface area contributed by atoms with Gasteiger partial charge < -0.3 is 19.9 Å². The number of nitrogens with one attached hydrogen (secondary N) is 2. The van der Waals surface area contributed by atoms with Crippen molar-refractivity contribution in [3.8, 4) is 5.75 Å². The van der Waals surface area contributed by atoms with Crippen molar-refractivity contribution in [3.05, 3.63) is 41.5 Å². The highest BCUT2D eigenvalue weighted by molar-refractivity contribution is 5.79. The van der Waals surface area contributed by atoms with Crippen LogP contribution >= 0.6 is 0 Å². The Balaban J connectivity index is 1.81. The second kappa shape index (κ2) is 8.90. The Morgan fingerprint density at radius 1 is 1.33 bits per heavy atom. The van der Waals surface area contributed by atoms with Crippen molar-refractivity contribution in [3.63, 3.8) is 0 Å². The highest BCUT2D eigenvalue weighted by Gasteiger charge is 2.03. The van der Waals surface area contributed by atoms with Gasteiger partial charge in [-0.3, -0.25) is 4.99 Å². The van der Waals surface area contributed by atoms with Crippen molar-refractivity contribution in [1.82, 2.24) is 25.4 Å². The van der Waals surface area contributed by atoms with Gasteiger partial charge in [0.1, 0.15) is 17.9 Å². The highest BCUT2D eigenvalue weighted by atomic mass is 16.5. The number of aromatic nitrogens is 3. The molecule has 130 valence electrons. The summed E-state index contributed by atoms with van der Waals surface area (Å²) in [6, 6.07) is 6.15. The molecule has 1 heterocycles. The molecular formula is C17H26N6O. The normalized spacial score (nSPS) is 11.4. The van der Waals surface area contributed by atoms with Crippen LogP contribution in [0.1, 0.15) is 23.9 Å². The Morgan fingerprint density at radius 3 is 2.83 bits per heavy atom. The van der Waals surface area contributed by atoms with Crippen molar-refractivity contribution >= 4 is 5.96 Å². The van der Waals surface area contributed by atoms with Crippen LogP contribution in [0, 0.1) is 6.92 Å². The van der Waals surface area contributed by atoms with E-state index in [1.54, 1.807) is 20.5 Å². The Labute approximate surface area is 143 Å². The molecule has 0 aliphatic heterocycles. The van der Waals surface area contributed by atoms with Crippen molar-refractivity contribution in [2.75, 3.05) is 20.7 Å². The van der Waals surface area contributed by atoms with Gasteiger partial charge in [-0.15, -0.1) is 10.2 Å².